The molecular weight excluding hydrogens is 803 g/mol. The van der Waals surface area contributed by atoms with Crippen molar-refractivity contribution in [1.82, 2.24) is 25.8 Å². The second kappa shape index (κ2) is 25.6. The molecule has 14 heteroatoms. The predicted molar refractivity (Wildman–Crippen MR) is 246 cm³/mol. The van der Waals surface area contributed by atoms with Gasteiger partial charge in [0.15, 0.2) is 0 Å². The first-order chi connectivity index (χ1) is 30.0. The maximum atomic E-state index is 14.3. The molecule has 0 aliphatic carbocycles. The van der Waals surface area contributed by atoms with E-state index in [4.69, 9.17) is 23.7 Å². The van der Waals surface area contributed by atoms with Gasteiger partial charge in [-0.15, -0.1) is 0 Å². The zero-order valence-electron chi connectivity index (χ0n) is 40.2. The van der Waals surface area contributed by atoms with E-state index in [-0.39, 0.29) is 60.6 Å². The number of likely N-dealkylation sites (N-methyl/N-ethyl adjacent to an activating group) is 2. The largest absolute Gasteiger partial charge is 0.497 e. The minimum atomic E-state index is -0.970. The van der Waals surface area contributed by atoms with Gasteiger partial charge >= 0.3 is 5.97 Å². The van der Waals surface area contributed by atoms with Crippen LogP contribution in [0.4, 0.5) is 0 Å². The van der Waals surface area contributed by atoms with E-state index in [1.54, 1.807) is 58.5 Å². The minimum Gasteiger partial charge on any atom is -0.497 e. The van der Waals surface area contributed by atoms with Gasteiger partial charge in [0, 0.05) is 58.0 Å². The number of nitrogens with zero attached hydrogens (tertiary/aromatic N) is 2. The van der Waals surface area contributed by atoms with Crippen molar-refractivity contribution in [2.24, 2.45) is 23.7 Å². The Morgan fingerprint density at radius 2 is 1.54 bits per heavy atom. The number of amides is 3. The highest BCUT2D eigenvalue weighted by Crippen LogP contribution is 2.33. The van der Waals surface area contributed by atoms with Gasteiger partial charge in [0.2, 0.25) is 17.7 Å². The average molecular weight is 880 g/mol. The topological polar surface area (TPSA) is 157 Å². The maximum absolute atomic E-state index is 14.3. The minimum absolute atomic E-state index is 0.0407. The fourth-order valence-electron chi connectivity index (χ4n) is 8.76. The van der Waals surface area contributed by atoms with Crippen molar-refractivity contribution >= 4 is 23.7 Å². The first-order valence-electron chi connectivity index (χ1n) is 22.4. The van der Waals surface area contributed by atoms with Crippen molar-refractivity contribution in [2.75, 3.05) is 49.1 Å². The van der Waals surface area contributed by atoms with Crippen LogP contribution in [0.5, 0.6) is 11.5 Å². The van der Waals surface area contributed by atoms with Crippen molar-refractivity contribution in [3.8, 4) is 11.5 Å². The van der Waals surface area contributed by atoms with Gasteiger partial charge < -0.3 is 49.4 Å². The fraction of sp³-hybridized carbons (Fsp3) is 0.633. The van der Waals surface area contributed by atoms with E-state index < -0.39 is 42.2 Å². The van der Waals surface area contributed by atoms with Crippen LogP contribution >= 0.6 is 0 Å². The Hall–Kier alpha value is -4.66. The lowest BCUT2D eigenvalue weighted by molar-refractivity contribution is -0.150. The summed E-state index contributed by atoms with van der Waals surface area (Å²) >= 11 is 0. The average Bonchev–Trinajstić information content (AvgIpc) is 3.76. The molecule has 3 N–H and O–H groups in total. The monoisotopic (exact) mass is 880 g/mol. The van der Waals surface area contributed by atoms with Crippen molar-refractivity contribution in [3.63, 3.8) is 0 Å². The number of likely N-dealkylation sites (tertiary alicyclic amines) is 1. The Morgan fingerprint density at radius 1 is 0.873 bits per heavy atom. The van der Waals surface area contributed by atoms with Crippen LogP contribution in [0.15, 0.2) is 60.8 Å². The molecule has 9 atom stereocenters. The van der Waals surface area contributed by atoms with Crippen molar-refractivity contribution in [3.05, 3.63) is 71.9 Å². The summed E-state index contributed by atoms with van der Waals surface area (Å²) in [6, 6.07) is 12.1. The van der Waals surface area contributed by atoms with Gasteiger partial charge in [-0.2, -0.15) is 0 Å². The Balaban J connectivity index is 1.81. The maximum Gasteiger partial charge on any atom is 0.329 e. The number of ether oxygens (including phenoxy) is 5. The number of benzene rings is 2. The zero-order valence-corrected chi connectivity index (χ0v) is 40.2. The highest BCUT2D eigenvalue weighted by Gasteiger charge is 2.42. The third kappa shape index (κ3) is 14.2. The Morgan fingerprint density at radius 3 is 2.10 bits per heavy atom. The van der Waals surface area contributed by atoms with E-state index in [2.05, 4.69) is 41.3 Å². The molecule has 0 saturated carbocycles. The van der Waals surface area contributed by atoms with Gasteiger partial charge in [0.25, 0.3) is 0 Å². The van der Waals surface area contributed by atoms with Crippen LogP contribution in [0.3, 0.4) is 0 Å². The second-order valence-electron chi connectivity index (χ2n) is 17.5. The van der Waals surface area contributed by atoms with Crippen LogP contribution in [0.1, 0.15) is 85.3 Å². The molecule has 2 aromatic rings. The molecule has 1 aliphatic rings. The zero-order chi connectivity index (χ0) is 47.0. The summed E-state index contributed by atoms with van der Waals surface area (Å²) in [4.78, 5) is 59.5. The van der Waals surface area contributed by atoms with Crippen LogP contribution < -0.4 is 25.4 Å². The summed E-state index contributed by atoms with van der Waals surface area (Å²) in [7, 11) is 9.91. The van der Waals surface area contributed by atoms with E-state index in [0.717, 1.165) is 30.5 Å². The standard InChI is InChI=1S/C49H77N5O9/c1-15-32(6)44(53(10)48(57)43(31(4)5)52-47(56)42(50-9)30(2)3)41(61-13)26-33(7)54-25-19-22-39(54)45(62-14)34(8)46(55)51-38(27-35-20-17-16-18-21-35)49(58)63-29-36-23-24-37(59-11)28-40(36)60-12/h16-18,20-21,23-24,28,30-32,34,38-39,41-45,50H,7,15,19,22,25-27,29H2,1-6,8-14H3,(H,51,55)(H,52,56)/t32?,34?,38-,39?,41+,42-,43?,44-,45?/m0/s1. The Labute approximate surface area is 377 Å². The lowest BCUT2D eigenvalue weighted by atomic mass is 9.89. The van der Waals surface area contributed by atoms with E-state index in [0.29, 0.717) is 30.0 Å². The first kappa shape index (κ1) is 52.7. The number of carbonyl (C=O) groups is 4. The quantitative estimate of drug-likeness (QED) is 0.0988. The third-order valence-corrected chi connectivity index (χ3v) is 12.6. The fourth-order valence-corrected chi connectivity index (χ4v) is 8.76. The lowest BCUT2D eigenvalue weighted by Gasteiger charge is -2.42. The van der Waals surface area contributed by atoms with Gasteiger partial charge in [-0.3, -0.25) is 14.4 Å². The molecular formula is C49H77N5O9. The molecule has 1 fully saturated rings. The molecule has 63 heavy (non-hydrogen) atoms. The van der Waals surface area contributed by atoms with Gasteiger partial charge in [0.05, 0.1) is 50.5 Å². The van der Waals surface area contributed by atoms with E-state index in [1.165, 1.54) is 7.11 Å². The smallest absolute Gasteiger partial charge is 0.329 e. The summed E-state index contributed by atoms with van der Waals surface area (Å²) < 4.78 is 28.9. The van der Waals surface area contributed by atoms with Gasteiger partial charge in [0.1, 0.15) is 30.2 Å². The highest BCUT2D eigenvalue weighted by molar-refractivity contribution is 5.90. The molecule has 0 radical (unpaired) electrons. The molecule has 0 aromatic heterocycles. The number of nitrogens with one attached hydrogen (secondary N) is 3. The molecule has 1 heterocycles. The van der Waals surface area contributed by atoms with Gasteiger partial charge in [-0.25, -0.2) is 4.79 Å². The van der Waals surface area contributed by atoms with Crippen molar-refractivity contribution in [1.29, 1.82) is 0 Å². The number of hydrogen-bond acceptors (Lipinski definition) is 11. The molecule has 14 nitrogen and oxygen atoms in total. The van der Waals surface area contributed by atoms with Gasteiger partial charge in [-0.1, -0.05) is 91.8 Å². The van der Waals surface area contributed by atoms with Gasteiger partial charge in [-0.05, 0) is 55.3 Å². The lowest BCUT2D eigenvalue weighted by Crippen LogP contribution is -2.59. The summed E-state index contributed by atoms with van der Waals surface area (Å²) in [6.07, 6.45) is 2.11. The van der Waals surface area contributed by atoms with Crippen molar-refractivity contribution < 1.29 is 42.9 Å². The SMILES string of the molecule is C=C(C[C@@H](OC)[C@H](C(C)CC)N(C)C(=O)C(NC(=O)[C@@H](NC)C(C)C)C(C)C)N1CCCC1C(OC)C(C)C(=O)N[C@@H](Cc1ccccc1)C(=O)OCc1ccc(OC)cc1OC. The Bertz CT molecular complexity index is 1770. The summed E-state index contributed by atoms with van der Waals surface area (Å²) in [5.74, 6) is -0.890. The van der Waals surface area contributed by atoms with Crippen LogP contribution in [0.25, 0.3) is 0 Å². The van der Waals surface area contributed by atoms with E-state index in [1.807, 2.05) is 65.0 Å². The van der Waals surface area contributed by atoms with Crippen LogP contribution in [0, 0.1) is 23.7 Å². The number of hydrogen-bond donors (Lipinski definition) is 3. The molecule has 1 saturated heterocycles. The molecule has 2 aromatic carbocycles. The molecule has 5 unspecified atom stereocenters. The number of esters is 1. The van der Waals surface area contributed by atoms with Crippen molar-refractivity contribution in [2.45, 2.75) is 130 Å². The van der Waals surface area contributed by atoms with Crippen LogP contribution in [-0.4, -0.2) is 125 Å². The molecule has 352 valence electrons. The molecule has 0 spiro atoms. The second-order valence-corrected chi connectivity index (χ2v) is 17.5. The molecule has 0 bridgehead atoms. The summed E-state index contributed by atoms with van der Waals surface area (Å²) in [5.41, 5.74) is 2.34. The third-order valence-electron chi connectivity index (χ3n) is 12.6. The summed E-state index contributed by atoms with van der Waals surface area (Å²) in [6.45, 7) is 19.0. The first-order valence-corrected chi connectivity index (χ1v) is 22.4. The number of carbonyl (C=O) groups excluding carboxylic acids is 4. The normalized spacial score (nSPS) is 17.8. The van der Waals surface area contributed by atoms with E-state index >= 15 is 0 Å². The summed E-state index contributed by atoms with van der Waals surface area (Å²) in [5, 5.41) is 9.12. The molecule has 3 rings (SSSR count). The van der Waals surface area contributed by atoms with Crippen LogP contribution in [0.2, 0.25) is 0 Å². The Kier molecular flexibility index (Phi) is 21.4. The number of methoxy groups -OCH3 is 4. The highest BCUT2D eigenvalue weighted by atomic mass is 16.5. The van der Waals surface area contributed by atoms with E-state index in [9.17, 15) is 19.2 Å². The predicted octanol–water partition coefficient (Wildman–Crippen LogP) is 5.77. The molecule has 1 aliphatic heterocycles. The van der Waals surface area contributed by atoms with Crippen LogP contribution in [-0.2, 0) is 46.4 Å². The molecule has 3 amide bonds. The number of rotatable bonds is 26.